The Labute approximate surface area is 68.7 Å². The molecule has 2 aliphatic rings. The molecule has 0 aromatic carbocycles. The van der Waals surface area contributed by atoms with Gasteiger partial charge < -0.3 is 10.6 Å². The van der Waals surface area contributed by atoms with Crippen LogP contribution in [-0.2, 0) is 0 Å². The summed E-state index contributed by atoms with van der Waals surface area (Å²) in [5.74, 6) is 0.888. The summed E-state index contributed by atoms with van der Waals surface area (Å²) in [6.07, 6.45) is 1.36. The highest BCUT2D eigenvalue weighted by molar-refractivity contribution is 4.99. The molecule has 2 nitrogen and oxygen atoms in total. The van der Waals surface area contributed by atoms with Crippen molar-refractivity contribution in [3.05, 3.63) is 0 Å². The van der Waals surface area contributed by atoms with Gasteiger partial charge in [-0.1, -0.05) is 13.8 Å². The maximum absolute atomic E-state index is 3.61. The van der Waals surface area contributed by atoms with E-state index >= 15 is 0 Å². The van der Waals surface area contributed by atoms with Crippen LogP contribution in [0.3, 0.4) is 0 Å². The van der Waals surface area contributed by atoms with Crippen LogP contribution >= 0.6 is 0 Å². The molecule has 2 saturated heterocycles. The van der Waals surface area contributed by atoms with Gasteiger partial charge in [-0.15, -0.1) is 0 Å². The van der Waals surface area contributed by atoms with Crippen molar-refractivity contribution in [2.75, 3.05) is 19.6 Å². The largest absolute Gasteiger partial charge is 0.316 e. The smallest absolute Gasteiger partial charge is 0.0171 e. The van der Waals surface area contributed by atoms with Crippen LogP contribution in [0.15, 0.2) is 0 Å². The first kappa shape index (κ1) is 7.56. The fourth-order valence-electron chi connectivity index (χ4n) is 2.58. The monoisotopic (exact) mass is 154 g/mol. The van der Waals surface area contributed by atoms with Crippen LogP contribution in [0.1, 0.15) is 20.3 Å². The summed E-state index contributed by atoms with van der Waals surface area (Å²) < 4.78 is 0. The molecule has 0 saturated carbocycles. The van der Waals surface area contributed by atoms with E-state index in [-0.39, 0.29) is 0 Å². The van der Waals surface area contributed by atoms with Crippen LogP contribution in [0, 0.1) is 11.3 Å². The molecule has 0 bridgehead atoms. The van der Waals surface area contributed by atoms with Crippen molar-refractivity contribution < 1.29 is 0 Å². The second-order valence-corrected chi connectivity index (χ2v) is 4.60. The van der Waals surface area contributed by atoms with E-state index in [1.54, 1.807) is 0 Å². The van der Waals surface area contributed by atoms with Gasteiger partial charge in [0.25, 0.3) is 0 Å². The number of hydrogen-bond acceptors (Lipinski definition) is 2. The van der Waals surface area contributed by atoms with Crippen molar-refractivity contribution in [3.63, 3.8) is 0 Å². The molecule has 11 heavy (non-hydrogen) atoms. The Morgan fingerprint density at radius 1 is 1.36 bits per heavy atom. The van der Waals surface area contributed by atoms with Gasteiger partial charge in [0.15, 0.2) is 0 Å². The van der Waals surface area contributed by atoms with Crippen LogP contribution in [0.25, 0.3) is 0 Å². The lowest BCUT2D eigenvalue weighted by atomic mass is 9.75. The lowest BCUT2D eigenvalue weighted by Crippen LogP contribution is -2.54. The van der Waals surface area contributed by atoms with Crippen molar-refractivity contribution in [2.45, 2.75) is 26.3 Å². The van der Waals surface area contributed by atoms with Gasteiger partial charge in [0, 0.05) is 12.6 Å². The van der Waals surface area contributed by atoms with Gasteiger partial charge in [0.1, 0.15) is 0 Å². The standard InChI is InChI=1S/C9H18N2/c1-9(2)6-10-5-7-3-4-11-8(7)9/h7-8,10-11H,3-6H2,1-2H3. The van der Waals surface area contributed by atoms with Crippen molar-refractivity contribution in [3.8, 4) is 0 Å². The quantitative estimate of drug-likeness (QED) is 0.534. The van der Waals surface area contributed by atoms with Crippen molar-refractivity contribution in [1.29, 1.82) is 0 Å². The van der Waals surface area contributed by atoms with Crippen LogP contribution in [0.4, 0.5) is 0 Å². The maximum atomic E-state index is 3.61. The van der Waals surface area contributed by atoms with Crippen LogP contribution in [-0.4, -0.2) is 25.7 Å². The highest BCUT2D eigenvalue weighted by atomic mass is 15.0. The third-order valence-corrected chi connectivity index (χ3v) is 3.18. The van der Waals surface area contributed by atoms with E-state index in [2.05, 4.69) is 24.5 Å². The zero-order valence-electron chi connectivity index (χ0n) is 7.48. The van der Waals surface area contributed by atoms with Gasteiger partial charge in [0.05, 0.1) is 0 Å². The number of piperidine rings is 1. The molecule has 0 aliphatic carbocycles. The van der Waals surface area contributed by atoms with Crippen LogP contribution < -0.4 is 10.6 Å². The SMILES string of the molecule is CC1(C)CNCC2CCNC21. The van der Waals surface area contributed by atoms with Crippen molar-refractivity contribution in [2.24, 2.45) is 11.3 Å². The maximum Gasteiger partial charge on any atom is 0.0171 e. The fraction of sp³-hybridized carbons (Fsp3) is 1.00. The Kier molecular flexibility index (Phi) is 1.69. The second kappa shape index (κ2) is 2.46. The zero-order chi connectivity index (χ0) is 7.90. The number of rotatable bonds is 0. The molecule has 0 aromatic heterocycles. The molecule has 0 spiro atoms. The van der Waals surface area contributed by atoms with Gasteiger partial charge >= 0.3 is 0 Å². The molecule has 2 heterocycles. The molecule has 2 rings (SSSR count). The molecule has 0 radical (unpaired) electrons. The normalized spacial score (nSPS) is 42.0. The highest BCUT2D eigenvalue weighted by Gasteiger charge is 2.41. The van der Waals surface area contributed by atoms with Gasteiger partial charge in [-0.3, -0.25) is 0 Å². The summed E-state index contributed by atoms with van der Waals surface area (Å²) in [7, 11) is 0. The summed E-state index contributed by atoms with van der Waals surface area (Å²) in [6.45, 7) is 8.33. The Balaban J connectivity index is 2.13. The molecule has 2 unspecified atom stereocenters. The first-order chi connectivity index (χ1) is 5.20. The number of fused-ring (bicyclic) bond motifs is 1. The lowest BCUT2D eigenvalue weighted by molar-refractivity contribution is 0.162. The highest BCUT2D eigenvalue weighted by Crippen LogP contribution is 2.33. The van der Waals surface area contributed by atoms with E-state index in [1.165, 1.54) is 26.1 Å². The van der Waals surface area contributed by atoms with Gasteiger partial charge in [-0.25, -0.2) is 0 Å². The molecule has 2 N–H and O–H groups in total. The molecular formula is C9H18N2. The molecule has 64 valence electrons. The van der Waals surface area contributed by atoms with Crippen molar-refractivity contribution >= 4 is 0 Å². The summed E-state index contributed by atoms with van der Waals surface area (Å²) >= 11 is 0. The predicted octanol–water partition coefficient (Wildman–Crippen LogP) is 0.594. The third-order valence-electron chi connectivity index (χ3n) is 3.18. The number of nitrogens with one attached hydrogen (secondary N) is 2. The summed E-state index contributed by atoms with van der Waals surface area (Å²) in [5, 5.41) is 7.12. The molecular weight excluding hydrogens is 136 g/mol. The van der Waals surface area contributed by atoms with E-state index in [0.717, 1.165) is 12.0 Å². The Morgan fingerprint density at radius 3 is 2.91 bits per heavy atom. The van der Waals surface area contributed by atoms with Crippen LogP contribution in [0.5, 0.6) is 0 Å². The zero-order valence-corrected chi connectivity index (χ0v) is 7.48. The van der Waals surface area contributed by atoms with Gasteiger partial charge in [0.2, 0.25) is 0 Å². The average molecular weight is 154 g/mol. The summed E-state index contributed by atoms with van der Waals surface area (Å²) in [6, 6.07) is 0.767. The minimum atomic E-state index is 0.458. The molecule has 2 fully saturated rings. The Bertz CT molecular complexity index is 154. The Morgan fingerprint density at radius 2 is 2.18 bits per heavy atom. The molecule has 0 aromatic rings. The van der Waals surface area contributed by atoms with E-state index in [9.17, 15) is 0 Å². The summed E-state index contributed by atoms with van der Waals surface area (Å²) in [5.41, 5.74) is 0.458. The third kappa shape index (κ3) is 1.18. The predicted molar refractivity (Wildman–Crippen MR) is 46.5 cm³/mol. The molecule has 2 aliphatic heterocycles. The second-order valence-electron chi connectivity index (χ2n) is 4.60. The van der Waals surface area contributed by atoms with E-state index in [4.69, 9.17) is 0 Å². The van der Waals surface area contributed by atoms with E-state index < -0.39 is 0 Å². The average Bonchev–Trinajstić information content (AvgIpc) is 2.34. The minimum absolute atomic E-state index is 0.458. The fourth-order valence-corrected chi connectivity index (χ4v) is 2.58. The van der Waals surface area contributed by atoms with E-state index in [1.807, 2.05) is 0 Å². The summed E-state index contributed by atoms with van der Waals surface area (Å²) in [4.78, 5) is 0. The van der Waals surface area contributed by atoms with Gasteiger partial charge in [-0.05, 0) is 30.8 Å². The molecule has 0 amide bonds. The number of hydrogen-bond donors (Lipinski definition) is 2. The van der Waals surface area contributed by atoms with Crippen LogP contribution in [0.2, 0.25) is 0 Å². The lowest BCUT2D eigenvalue weighted by Gasteiger charge is -2.40. The first-order valence-electron chi connectivity index (χ1n) is 4.64. The minimum Gasteiger partial charge on any atom is -0.316 e. The van der Waals surface area contributed by atoms with Crippen molar-refractivity contribution in [1.82, 2.24) is 10.6 Å². The first-order valence-corrected chi connectivity index (χ1v) is 4.64. The van der Waals surface area contributed by atoms with E-state index in [0.29, 0.717) is 5.41 Å². The Hall–Kier alpha value is -0.0800. The van der Waals surface area contributed by atoms with Gasteiger partial charge in [-0.2, -0.15) is 0 Å². The topological polar surface area (TPSA) is 24.1 Å². The molecule has 2 atom stereocenters. The molecule has 2 heteroatoms.